The Labute approximate surface area is 169 Å². The molecule has 0 atom stereocenters. The Morgan fingerprint density at radius 3 is 2.54 bits per heavy atom. The SMILES string of the molecule is O=C(c1sc2cc(Cl)cc(Cl)c2c1Cl)N1CCN(c2cccc[nH+]2)CC1. The lowest BCUT2D eigenvalue weighted by atomic mass is 10.2. The summed E-state index contributed by atoms with van der Waals surface area (Å²) in [5.41, 5.74) is 0. The van der Waals surface area contributed by atoms with E-state index >= 15 is 0 Å². The number of nitrogens with one attached hydrogen (secondary N) is 1. The van der Waals surface area contributed by atoms with Gasteiger partial charge >= 0.3 is 0 Å². The summed E-state index contributed by atoms with van der Waals surface area (Å²) in [7, 11) is 0. The molecule has 1 saturated heterocycles. The number of pyridine rings is 1. The van der Waals surface area contributed by atoms with Crippen LogP contribution >= 0.6 is 46.1 Å². The number of amides is 1. The van der Waals surface area contributed by atoms with Crippen LogP contribution in [0.5, 0.6) is 0 Å². The zero-order valence-electron chi connectivity index (χ0n) is 13.6. The van der Waals surface area contributed by atoms with Gasteiger partial charge in [-0.25, -0.2) is 4.98 Å². The molecule has 0 aliphatic carbocycles. The number of rotatable bonds is 2. The van der Waals surface area contributed by atoms with Crippen LogP contribution in [0.25, 0.3) is 10.1 Å². The van der Waals surface area contributed by atoms with Crippen molar-refractivity contribution < 1.29 is 9.78 Å². The Kier molecular flexibility index (Phi) is 4.97. The van der Waals surface area contributed by atoms with E-state index < -0.39 is 0 Å². The Bertz CT molecular complexity index is 969. The van der Waals surface area contributed by atoms with Gasteiger partial charge in [0.15, 0.2) is 0 Å². The van der Waals surface area contributed by atoms with Gasteiger partial charge in [0.05, 0.1) is 29.3 Å². The van der Waals surface area contributed by atoms with Crippen LogP contribution in [-0.4, -0.2) is 37.0 Å². The predicted octanol–water partition coefficient (Wildman–Crippen LogP) is 4.64. The van der Waals surface area contributed by atoms with Crippen LogP contribution in [-0.2, 0) is 0 Å². The summed E-state index contributed by atoms with van der Waals surface area (Å²) in [6.45, 7) is 2.81. The van der Waals surface area contributed by atoms with E-state index in [1.807, 2.05) is 29.3 Å². The minimum atomic E-state index is -0.0555. The average molecular weight is 428 g/mol. The molecule has 0 spiro atoms. The van der Waals surface area contributed by atoms with Crippen molar-refractivity contribution >= 4 is 68.0 Å². The molecule has 4 nitrogen and oxygen atoms in total. The smallest absolute Gasteiger partial charge is 0.274 e. The van der Waals surface area contributed by atoms with E-state index in [-0.39, 0.29) is 5.91 Å². The molecule has 0 saturated carbocycles. The molecular formula is C18H15Cl3N3OS+. The van der Waals surface area contributed by atoms with Crippen LogP contribution in [0.3, 0.4) is 0 Å². The molecule has 1 aliphatic heterocycles. The van der Waals surface area contributed by atoms with Crippen molar-refractivity contribution in [2.45, 2.75) is 0 Å². The lowest BCUT2D eigenvalue weighted by molar-refractivity contribution is -0.364. The van der Waals surface area contributed by atoms with Crippen molar-refractivity contribution in [1.29, 1.82) is 0 Å². The monoisotopic (exact) mass is 426 g/mol. The van der Waals surface area contributed by atoms with Crippen molar-refractivity contribution in [3.05, 3.63) is 56.5 Å². The molecular weight excluding hydrogens is 413 g/mol. The number of fused-ring (bicyclic) bond motifs is 1. The first-order valence-electron chi connectivity index (χ1n) is 8.12. The standard InChI is InChI=1S/C18H14Cl3N3OS/c19-11-9-12(20)15-13(10-11)26-17(16(15)21)18(25)24-7-5-23(6-8-24)14-3-1-2-4-22-14/h1-4,9-10H,5-8H2/p+1. The van der Waals surface area contributed by atoms with Gasteiger partial charge in [-0.15, -0.1) is 11.3 Å². The van der Waals surface area contributed by atoms with Crippen molar-refractivity contribution in [2.24, 2.45) is 0 Å². The van der Waals surface area contributed by atoms with E-state index in [9.17, 15) is 4.79 Å². The molecule has 2 aromatic heterocycles. The minimum absolute atomic E-state index is 0.0555. The van der Waals surface area contributed by atoms with E-state index in [0.29, 0.717) is 38.4 Å². The third-order valence-electron chi connectivity index (χ3n) is 4.44. The first kappa shape index (κ1) is 17.9. The first-order chi connectivity index (χ1) is 12.5. The molecule has 1 aromatic carbocycles. The number of thiophene rings is 1. The largest absolute Gasteiger partial charge is 0.330 e. The molecule has 1 amide bonds. The fourth-order valence-corrected chi connectivity index (χ4v) is 5.47. The first-order valence-corrected chi connectivity index (χ1v) is 10.1. The molecule has 3 aromatic rings. The number of benzene rings is 1. The van der Waals surface area contributed by atoms with Gasteiger partial charge in [0.25, 0.3) is 11.7 Å². The van der Waals surface area contributed by atoms with E-state index in [0.717, 1.165) is 23.6 Å². The number of halogens is 3. The Morgan fingerprint density at radius 1 is 1.08 bits per heavy atom. The number of aromatic nitrogens is 1. The molecule has 0 radical (unpaired) electrons. The second-order valence-electron chi connectivity index (χ2n) is 6.03. The minimum Gasteiger partial charge on any atom is -0.330 e. The fourth-order valence-electron chi connectivity index (χ4n) is 3.12. The number of anilines is 1. The van der Waals surface area contributed by atoms with Crippen LogP contribution in [0.2, 0.25) is 15.1 Å². The van der Waals surface area contributed by atoms with Crippen LogP contribution in [0.4, 0.5) is 5.82 Å². The van der Waals surface area contributed by atoms with E-state index in [2.05, 4.69) is 9.88 Å². The lowest BCUT2D eigenvalue weighted by Gasteiger charge is -2.30. The quantitative estimate of drug-likeness (QED) is 0.597. The number of piperazine rings is 1. The molecule has 1 fully saturated rings. The third-order valence-corrected chi connectivity index (χ3v) is 6.58. The van der Waals surface area contributed by atoms with E-state index in [4.69, 9.17) is 34.8 Å². The summed E-state index contributed by atoms with van der Waals surface area (Å²) in [5.74, 6) is 1.00. The fraction of sp³-hybridized carbons (Fsp3) is 0.222. The van der Waals surface area contributed by atoms with Gasteiger partial charge in [-0.1, -0.05) is 40.9 Å². The summed E-state index contributed by atoms with van der Waals surface area (Å²) in [5, 5.41) is 2.11. The molecule has 1 aliphatic rings. The highest BCUT2D eigenvalue weighted by Gasteiger charge is 2.29. The number of hydrogen-bond acceptors (Lipinski definition) is 3. The summed E-state index contributed by atoms with van der Waals surface area (Å²) in [6, 6.07) is 9.41. The Hall–Kier alpha value is -1.53. The predicted molar refractivity (Wildman–Crippen MR) is 108 cm³/mol. The molecule has 3 heterocycles. The van der Waals surface area contributed by atoms with Gasteiger partial charge < -0.3 is 4.90 Å². The normalized spacial score (nSPS) is 14.9. The number of nitrogens with zero attached hydrogens (tertiary/aromatic N) is 2. The van der Waals surface area contributed by atoms with Crippen LogP contribution in [0.1, 0.15) is 9.67 Å². The maximum Gasteiger partial charge on any atom is 0.274 e. The summed E-state index contributed by atoms with van der Waals surface area (Å²) < 4.78 is 0.827. The second-order valence-corrected chi connectivity index (χ2v) is 8.31. The topological polar surface area (TPSA) is 37.7 Å². The van der Waals surface area contributed by atoms with Crippen molar-refractivity contribution in [1.82, 2.24) is 4.90 Å². The number of H-pyrrole nitrogens is 1. The van der Waals surface area contributed by atoms with Crippen LogP contribution in [0, 0.1) is 0 Å². The van der Waals surface area contributed by atoms with Gasteiger partial charge in [0, 0.05) is 21.2 Å². The number of carbonyl (C=O) groups is 1. The van der Waals surface area contributed by atoms with E-state index in [1.54, 1.807) is 12.1 Å². The Balaban J connectivity index is 1.55. The van der Waals surface area contributed by atoms with Crippen LogP contribution in [0.15, 0.2) is 36.5 Å². The maximum atomic E-state index is 13.0. The third kappa shape index (κ3) is 3.25. The highest BCUT2D eigenvalue weighted by atomic mass is 35.5. The summed E-state index contributed by atoms with van der Waals surface area (Å²) in [6.07, 6.45) is 1.90. The van der Waals surface area contributed by atoms with E-state index in [1.165, 1.54) is 11.3 Å². The number of aromatic amines is 1. The van der Waals surface area contributed by atoms with Crippen molar-refractivity contribution in [3.63, 3.8) is 0 Å². The maximum absolute atomic E-state index is 13.0. The van der Waals surface area contributed by atoms with Gasteiger partial charge in [-0.3, -0.25) is 9.69 Å². The molecule has 0 unspecified atom stereocenters. The average Bonchev–Trinajstić information content (AvgIpc) is 2.98. The summed E-state index contributed by atoms with van der Waals surface area (Å²) >= 11 is 20.1. The lowest BCUT2D eigenvalue weighted by Crippen LogP contribution is -2.49. The zero-order valence-corrected chi connectivity index (χ0v) is 16.7. The molecule has 1 N–H and O–H groups in total. The molecule has 134 valence electrons. The van der Waals surface area contributed by atoms with Crippen LogP contribution < -0.4 is 9.88 Å². The highest BCUT2D eigenvalue weighted by molar-refractivity contribution is 7.21. The van der Waals surface area contributed by atoms with Crippen molar-refractivity contribution in [2.75, 3.05) is 31.1 Å². The van der Waals surface area contributed by atoms with Gasteiger partial charge in [-0.05, 0) is 18.2 Å². The van der Waals surface area contributed by atoms with Crippen molar-refractivity contribution in [3.8, 4) is 0 Å². The number of hydrogen-bond donors (Lipinski definition) is 0. The van der Waals surface area contributed by atoms with Gasteiger partial charge in [0.2, 0.25) is 0 Å². The molecule has 8 heteroatoms. The number of carbonyl (C=O) groups excluding carboxylic acids is 1. The van der Waals surface area contributed by atoms with Gasteiger partial charge in [-0.2, -0.15) is 0 Å². The summed E-state index contributed by atoms with van der Waals surface area (Å²) in [4.78, 5) is 20.8. The molecule has 26 heavy (non-hydrogen) atoms. The highest BCUT2D eigenvalue weighted by Crippen LogP contribution is 2.41. The molecule has 0 bridgehead atoms. The second kappa shape index (κ2) is 7.24. The Morgan fingerprint density at radius 2 is 1.85 bits per heavy atom. The van der Waals surface area contributed by atoms with Gasteiger partial charge in [0.1, 0.15) is 18.0 Å². The zero-order chi connectivity index (χ0) is 18.3. The molecule has 4 rings (SSSR count).